The van der Waals surface area contributed by atoms with E-state index in [1.54, 1.807) is 26.3 Å². The first-order valence-corrected chi connectivity index (χ1v) is 11.4. The fourth-order valence-electron chi connectivity index (χ4n) is 4.30. The van der Waals surface area contributed by atoms with Crippen LogP contribution in [0.3, 0.4) is 0 Å². The van der Waals surface area contributed by atoms with Gasteiger partial charge in [-0.25, -0.2) is 4.98 Å². The lowest BCUT2D eigenvalue weighted by Crippen LogP contribution is -2.46. The van der Waals surface area contributed by atoms with Crippen molar-refractivity contribution in [1.82, 2.24) is 20.1 Å². The Labute approximate surface area is 199 Å². The summed E-state index contributed by atoms with van der Waals surface area (Å²) < 4.78 is 11.4. The molecule has 2 saturated heterocycles. The highest BCUT2D eigenvalue weighted by atomic mass is 16.5. The van der Waals surface area contributed by atoms with E-state index in [4.69, 9.17) is 19.9 Å². The Hall–Kier alpha value is -3.42. The predicted molar refractivity (Wildman–Crippen MR) is 130 cm³/mol. The van der Waals surface area contributed by atoms with Crippen molar-refractivity contribution >= 4 is 29.6 Å². The van der Waals surface area contributed by atoms with Crippen molar-refractivity contribution in [1.29, 1.82) is 5.41 Å². The molecule has 2 aromatic heterocycles. The third kappa shape index (κ3) is 5.05. The average molecular weight is 466 g/mol. The van der Waals surface area contributed by atoms with E-state index in [1.165, 1.54) is 6.21 Å². The molecule has 4 heterocycles. The van der Waals surface area contributed by atoms with Gasteiger partial charge in [-0.05, 0) is 13.0 Å². The van der Waals surface area contributed by atoms with Crippen LogP contribution in [0.1, 0.15) is 37.8 Å². The van der Waals surface area contributed by atoms with E-state index >= 15 is 0 Å². The number of likely N-dealkylation sites (tertiary alicyclic amines) is 1. The second-order valence-corrected chi connectivity index (χ2v) is 8.60. The van der Waals surface area contributed by atoms with Crippen LogP contribution in [0.25, 0.3) is 0 Å². The highest BCUT2D eigenvalue weighted by molar-refractivity contribution is 5.90. The van der Waals surface area contributed by atoms with Crippen LogP contribution < -0.4 is 10.2 Å². The number of rotatable bonds is 5. The van der Waals surface area contributed by atoms with Crippen LogP contribution in [-0.2, 0) is 14.3 Å². The van der Waals surface area contributed by atoms with Gasteiger partial charge in [0.15, 0.2) is 0 Å². The standard InChI is InChI=1S/C24H31N7O3/c1-17-16-34-13-12-31(17)22-14-19(20(15-25)23(28-22)27-21-5-9-26-29-21)4-6-24(33-3)7-10-30(11-8-24)18(2)32/h5,9,14-15,17,25H,7-8,10-13,16H2,1-3H3,(H2,26,27,28,29)/t17-/m1/s1. The number of methoxy groups -OCH3 is 1. The van der Waals surface area contributed by atoms with E-state index in [-0.39, 0.29) is 11.9 Å². The molecule has 0 aliphatic carbocycles. The van der Waals surface area contributed by atoms with Gasteiger partial charge in [0.2, 0.25) is 5.91 Å². The Morgan fingerprint density at radius 1 is 1.41 bits per heavy atom. The van der Waals surface area contributed by atoms with Crippen LogP contribution in [-0.4, -0.2) is 83.8 Å². The molecule has 0 spiro atoms. The summed E-state index contributed by atoms with van der Waals surface area (Å²) in [6, 6.07) is 3.89. The van der Waals surface area contributed by atoms with Crippen LogP contribution in [0.4, 0.5) is 17.5 Å². The van der Waals surface area contributed by atoms with Crippen LogP contribution in [0, 0.1) is 17.3 Å². The summed E-state index contributed by atoms with van der Waals surface area (Å²) in [6.45, 7) is 6.86. The molecule has 10 nitrogen and oxygen atoms in total. The lowest BCUT2D eigenvalue weighted by Gasteiger charge is -2.37. The Morgan fingerprint density at radius 2 is 2.21 bits per heavy atom. The average Bonchev–Trinajstić information content (AvgIpc) is 3.36. The number of hydrogen-bond donors (Lipinski definition) is 3. The summed E-state index contributed by atoms with van der Waals surface area (Å²) in [5.74, 6) is 8.65. The smallest absolute Gasteiger partial charge is 0.219 e. The van der Waals surface area contributed by atoms with Gasteiger partial charge in [-0.2, -0.15) is 5.10 Å². The monoisotopic (exact) mass is 465 g/mol. The second kappa shape index (κ2) is 10.2. The van der Waals surface area contributed by atoms with Crippen molar-refractivity contribution in [2.24, 2.45) is 0 Å². The number of aromatic amines is 1. The van der Waals surface area contributed by atoms with Crippen molar-refractivity contribution in [3.8, 4) is 11.8 Å². The van der Waals surface area contributed by atoms with Crippen molar-refractivity contribution < 1.29 is 14.3 Å². The molecule has 2 aliphatic heterocycles. The number of morpholine rings is 1. The number of hydrogen-bond acceptors (Lipinski definition) is 8. The van der Waals surface area contributed by atoms with Gasteiger partial charge < -0.3 is 30.0 Å². The zero-order valence-corrected chi connectivity index (χ0v) is 19.9. The minimum absolute atomic E-state index is 0.0664. The van der Waals surface area contributed by atoms with Gasteiger partial charge in [-0.3, -0.25) is 9.89 Å². The van der Waals surface area contributed by atoms with Crippen molar-refractivity contribution in [3.05, 3.63) is 29.5 Å². The topological polar surface area (TPSA) is 119 Å². The summed E-state index contributed by atoms with van der Waals surface area (Å²) in [4.78, 5) is 20.6. The van der Waals surface area contributed by atoms with Gasteiger partial charge >= 0.3 is 0 Å². The highest BCUT2D eigenvalue weighted by Gasteiger charge is 2.34. The molecule has 1 atom stereocenters. The fraction of sp³-hybridized carbons (Fsp3) is 0.500. The van der Waals surface area contributed by atoms with E-state index in [2.05, 4.69) is 39.2 Å². The van der Waals surface area contributed by atoms with Gasteiger partial charge in [0.25, 0.3) is 0 Å². The van der Waals surface area contributed by atoms with Crippen LogP contribution in [0.2, 0.25) is 0 Å². The summed E-state index contributed by atoms with van der Waals surface area (Å²) in [6.07, 6.45) is 4.18. The molecular formula is C24H31N7O3. The summed E-state index contributed by atoms with van der Waals surface area (Å²) in [5.41, 5.74) is 0.628. The normalized spacial score (nSPS) is 19.8. The molecule has 10 heteroatoms. The quantitative estimate of drug-likeness (QED) is 0.457. The van der Waals surface area contributed by atoms with Gasteiger partial charge in [0.1, 0.15) is 23.1 Å². The summed E-state index contributed by atoms with van der Waals surface area (Å²) in [7, 11) is 1.66. The fourth-order valence-corrected chi connectivity index (χ4v) is 4.30. The lowest BCUT2D eigenvalue weighted by atomic mass is 9.91. The van der Waals surface area contributed by atoms with Crippen molar-refractivity contribution in [3.63, 3.8) is 0 Å². The van der Waals surface area contributed by atoms with Crippen LogP contribution in [0.15, 0.2) is 18.3 Å². The predicted octanol–water partition coefficient (Wildman–Crippen LogP) is 2.15. The van der Waals surface area contributed by atoms with E-state index in [9.17, 15) is 4.79 Å². The number of ether oxygens (including phenoxy) is 2. The maximum atomic E-state index is 11.7. The molecular weight excluding hydrogens is 434 g/mol. The molecule has 0 unspecified atom stereocenters. The summed E-state index contributed by atoms with van der Waals surface area (Å²) >= 11 is 0. The maximum Gasteiger partial charge on any atom is 0.219 e. The zero-order chi connectivity index (χ0) is 24.1. The van der Waals surface area contributed by atoms with Gasteiger partial charge in [-0.15, -0.1) is 0 Å². The van der Waals surface area contributed by atoms with Crippen LogP contribution >= 0.6 is 0 Å². The maximum absolute atomic E-state index is 11.7. The first-order chi connectivity index (χ1) is 16.4. The number of carbonyl (C=O) groups excluding carboxylic acids is 1. The molecule has 180 valence electrons. The first kappa shape index (κ1) is 23.7. The minimum atomic E-state index is -0.641. The van der Waals surface area contributed by atoms with E-state index in [1.807, 2.05) is 11.0 Å². The molecule has 4 rings (SSSR count). The Balaban J connectivity index is 1.73. The second-order valence-electron chi connectivity index (χ2n) is 8.60. The largest absolute Gasteiger partial charge is 0.377 e. The number of amides is 1. The highest BCUT2D eigenvalue weighted by Crippen LogP contribution is 2.29. The molecule has 34 heavy (non-hydrogen) atoms. The molecule has 2 aromatic rings. The number of piperidine rings is 1. The van der Waals surface area contributed by atoms with E-state index < -0.39 is 5.60 Å². The number of pyridine rings is 1. The van der Waals surface area contributed by atoms with E-state index in [0.717, 1.165) is 12.4 Å². The number of anilines is 3. The molecule has 2 fully saturated rings. The Morgan fingerprint density at radius 3 is 2.82 bits per heavy atom. The lowest BCUT2D eigenvalue weighted by molar-refractivity contribution is -0.132. The van der Waals surface area contributed by atoms with Gasteiger partial charge in [0, 0.05) is 64.4 Å². The Kier molecular flexibility index (Phi) is 7.14. The van der Waals surface area contributed by atoms with E-state index in [0.29, 0.717) is 61.9 Å². The number of carbonyl (C=O) groups is 1. The number of H-pyrrole nitrogens is 1. The van der Waals surface area contributed by atoms with Crippen LogP contribution in [0.5, 0.6) is 0 Å². The molecule has 3 N–H and O–H groups in total. The van der Waals surface area contributed by atoms with Crippen molar-refractivity contribution in [2.45, 2.75) is 38.3 Å². The SMILES string of the molecule is COC1(C#Cc2cc(N3CCOC[C@H]3C)nc(Nc3ccn[nH]3)c2C=N)CCN(C(C)=O)CC1. The van der Waals surface area contributed by atoms with Crippen molar-refractivity contribution in [2.75, 3.05) is 50.2 Å². The van der Waals surface area contributed by atoms with Gasteiger partial charge in [-0.1, -0.05) is 11.8 Å². The number of nitrogens with one attached hydrogen (secondary N) is 3. The molecule has 2 aliphatic rings. The zero-order valence-electron chi connectivity index (χ0n) is 19.9. The molecule has 0 saturated carbocycles. The number of aromatic nitrogens is 3. The molecule has 1 amide bonds. The molecule has 0 bridgehead atoms. The minimum Gasteiger partial charge on any atom is -0.377 e. The molecule has 0 radical (unpaired) electrons. The Bertz CT molecular complexity index is 1080. The third-order valence-electron chi connectivity index (χ3n) is 6.44. The summed E-state index contributed by atoms with van der Waals surface area (Å²) in [5, 5.41) is 18.2. The third-order valence-corrected chi connectivity index (χ3v) is 6.44. The molecule has 0 aromatic carbocycles. The van der Waals surface area contributed by atoms with Gasteiger partial charge in [0.05, 0.1) is 31.0 Å². The first-order valence-electron chi connectivity index (χ1n) is 11.4. The number of nitrogens with zero attached hydrogens (tertiary/aromatic N) is 4.